The van der Waals surface area contributed by atoms with Crippen LogP contribution in [0.5, 0.6) is 0 Å². The molecule has 9 heteroatoms. The van der Waals surface area contributed by atoms with Crippen molar-refractivity contribution < 1.29 is 9.59 Å². The topological polar surface area (TPSA) is 99.8 Å². The number of thiophene rings is 1. The van der Waals surface area contributed by atoms with Gasteiger partial charge in [0.2, 0.25) is 5.91 Å². The van der Waals surface area contributed by atoms with E-state index in [1.54, 1.807) is 53.9 Å². The van der Waals surface area contributed by atoms with E-state index in [1.165, 1.54) is 11.8 Å². The highest BCUT2D eigenvalue weighted by Crippen LogP contribution is 2.21. The van der Waals surface area contributed by atoms with Crippen LogP contribution in [-0.4, -0.2) is 27.1 Å². The van der Waals surface area contributed by atoms with E-state index in [9.17, 15) is 9.59 Å². The van der Waals surface area contributed by atoms with Gasteiger partial charge in [0.1, 0.15) is 0 Å². The van der Waals surface area contributed by atoms with Crippen molar-refractivity contribution in [2.75, 3.05) is 11.1 Å². The summed E-state index contributed by atoms with van der Waals surface area (Å²) in [5.41, 5.74) is 2.48. The number of rotatable bonds is 8. The molecule has 0 unspecified atom stereocenters. The third kappa shape index (κ3) is 5.88. The van der Waals surface area contributed by atoms with Crippen molar-refractivity contribution >= 4 is 40.6 Å². The third-order valence-electron chi connectivity index (χ3n) is 4.63. The molecule has 0 spiro atoms. The molecule has 2 heterocycles. The number of hydrogen-bond donors (Lipinski definition) is 2. The molecule has 0 aliphatic heterocycles. The molecule has 2 aromatic carbocycles. The molecule has 33 heavy (non-hydrogen) atoms. The molecule has 0 atom stereocenters. The van der Waals surface area contributed by atoms with Crippen LogP contribution in [0.25, 0.3) is 5.69 Å². The van der Waals surface area contributed by atoms with Crippen LogP contribution in [0.3, 0.4) is 0 Å². The van der Waals surface area contributed by atoms with Crippen molar-refractivity contribution in [3.63, 3.8) is 0 Å². The lowest BCUT2D eigenvalue weighted by molar-refractivity contribution is -0.113. The maximum absolute atomic E-state index is 12.4. The van der Waals surface area contributed by atoms with Gasteiger partial charge in [-0.2, -0.15) is 5.26 Å². The van der Waals surface area contributed by atoms with Crippen LogP contribution >= 0.6 is 23.1 Å². The summed E-state index contributed by atoms with van der Waals surface area (Å²) < 4.78 is 1.86. The van der Waals surface area contributed by atoms with Crippen LogP contribution in [0.1, 0.15) is 20.8 Å². The normalized spacial score (nSPS) is 10.4. The first-order valence-corrected chi connectivity index (χ1v) is 11.9. The summed E-state index contributed by atoms with van der Waals surface area (Å²) in [7, 11) is 0. The summed E-state index contributed by atoms with van der Waals surface area (Å²) in [4.78, 5) is 30.1. The predicted octanol–water partition coefficient (Wildman–Crippen LogP) is 4.47. The molecule has 4 aromatic rings. The Morgan fingerprint density at radius 3 is 2.73 bits per heavy atom. The van der Waals surface area contributed by atoms with Gasteiger partial charge in [-0.05, 0) is 53.9 Å². The van der Waals surface area contributed by atoms with Crippen LogP contribution in [-0.2, 0) is 11.3 Å². The highest BCUT2D eigenvalue weighted by atomic mass is 32.2. The van der Waals surface area contributed by atoms with Gasteiger partial charge in [0.05, 0.1) is 23.9 Å². The molecular weight excluding hydrogens is 454 g/mol. The van der Waals surface area contributed by atoms with Crippen molar-refractivity contribution in [3.05, 3.63) is 94.4 Å². The van der Waals surface area contributed by atoms with E-state index in [-0.39, 0.29) is 17.6 Å². The molecule has 4 rings (SSSR count). The summed E-state index contributed by atoms with van der Waals surface area (Å²) in [6.45, 7) is 0.503. The fraction of sp³-hybridized carbons (Fsp3) is 0.0833. The average Bonchev–Trinajstić information content (AvgIpc) is 3.53. The molecule has 164 valence electrons. The van der Waals surface area contributed by atoms with E-state index >= 15 is 0 Å². The first-order chi connectivity index (χ1) is 16.1. The minimum Gasteiger partial charge on any atom is -0.347 e. The van der Waals surface area contributed by atoms with Crippen molar-refractivity contribution in [1.82, 2.24) is 14.9 Å². The smallest absolute Gasteiger partial charge is 0.251 e. The Bertz CT molecular complexity index is 1290. The molecule has 2 N–H and O–H groups in total. The number of anilines is 1. The Kier molecular flexibility index (Phi) is 7.19. The summed E-state index contributed by atoms with van der Waals surface area (Å²) in [5, 5.41) is 17.3. The molecule has 0 radical (unpaired) electrons. The molecule has 0 fully saturated rings. The monoisotopic (exact) mass is 473 g/mol. The molecule has 0 saturated carbocycles. The van der Waals surface area contributed by atoms with E-state index in [1.807, 2.05) is 40.4 Å². The number of thioether (sulfide) groups is 1. The van der Waals surface area contributed by atoms with E-state index in [2.05, 4.69) is 21.7 Å². The summed E-state index contributed by atoms with van der Waals surface area (Å²) in [6.07, 6.45) is 3.47. The quantitative estimate of drug-likeness (QED) is 0.368. The van der Waals surface area contributed by atoms with Crippen LogP contribution in [0.15, 0.2) is 83.6 Å². The van der Waals surface area contributed by atoms with E-state index in [0.29, 0.717) is 28.5 Å². The molecule has 2 aromatic heterocycles. The number of aromatic nitrogens is 2. The molecule has 0 bridgehead atoms. The molecular formula is C24H19N5O2S2. The number of nitrogens with one attached hydrogen (secondary N) is 2. The number of imidazole rings is 1. The number of amides is 2. The number of carbonyl (C=O) groups excluding carboxylic acids is 2. The summed E-state index contributed by atoms with van der Waals surface area (Å²) >= 11 is 2.90. The number of hydrogen-bond acceptors (Lipinski definition) is 6. The number of carbonyl (C=O) groups is 2. The van der Waals surface area contributed by atoms with E-state index < -0.39 is 0 Å². The van der Waals surface area contributed by atoms with Gasteiger partial charge in [0.15, 0.2) is 5.16 Å². The van der Waals surface area contributed by atoms with Gasteiger partial charge in [-0.25, -0.2) is 4.98 Å². The van der Waals surface area contributed by atoms with Crippen molar-refractivity contribution in [2.24, 2.45) is 0 Å². The van der Waals surface area contributed by atoms with Gasteiger partial charge in [0.25, 0.3) is 5.91 Å². The zero-order valence-electron chi connectivity index (χ0n) is 17.4. The Morgan fingerprint density at radius 2 is 1.97 bits per heavy atom. The van der Waals surface area contributed by atoms with E-state index in [4.69, 9.17) is 5.26 Å². The first-order valence-electron chi connectivity index (χ1n) is 9.99. The fourth-order valence-electron chi connectivity index (χ4n) is 3.04. The van der Waals surface area contributed by atoms with Gasteiger partial charge < -0.3 is 10.6 Å². The van der Waals surface area contributed by atoms with Crippen LogP contribution in [0.4, 0.5) is 5.69 Å². The zero-order chi connectivity index (χ0) is 23.0. The van der Waals surface area contributed by atoms with Gasteiger partial charge >= 0.3 is 0 Å². The first kappa shape index (κ1) is 22.3. The van der Waals surface area contributed by atoms with Crippen molar-refractivity contribution in [1.29, 1.82) is 5.26 Å². The van der Waals surface area contributed by atoms with Crippen molar-refractivity contribution in [2.45, 2.75) is 11.7 Å². The molecule has 7 nitrogen and oxygen atoms in total. The molecule has 0 saturated heterocycles. The predicted molar refractivity (Wildman–Crippen MR) is 130 cm³/mol. The molecule has 0 aliphatic rings. The third-order valence-corrected chi connectivity index (χ3v) is 6.47. The number of nitrogens with zero attached hydrogens (tertiary/aromatic N) is 3. The van der Waals surface area contributed by atoms with Gasteiger partial charge in [-0.15, -0.1) is 11.3 Å². The van der Waals surface area contributed by atoms with Crippen molar-refractivity contribution in [3.8, 4) is 11.8 Å². The van der Waals surface area contributed by atoms with Gasteiger partial charge in [-0.3, -0.25) is 14.2 Å². The second-order valence-corrected chi connectivity index (χ2v) is 8.89. The summed E-state index contributed by atoms with van der Waals surface area (Å²) in [6, 6.07) is 20.0. The number of nitriles is 1. The highest BCUT2D eigenvalue weighted by molar-refractivity contribution is 7.99. The van der Waals surface area contributed by atoms with Gasteiger partial charge in [-0.1, -0.05) is 23.9 Å². The summed E-state index contributed by atoms with van der Waals surface area (Å²) in [5.74, 6) is -0.161. The Morgan fingerprint density at radius 1 is 1.12 bits per heavy atom. The largest absolute Gasteiger partial charge is 0.347 e. The SMILES string of the molecule is N#Cc1cccc(NC(=O)CSc2nccn2-c2ccc(C(=O)NCc3cccs3)cc2)c1. The number of benzene rings is 2. The van der Waals surface area contributed by atoms with Crippen LogP contribution < -0.4 is 10.6 Å². The van der Waals surface area contributed by atoms with Crippen LogP contribution in [0.2, 0.25) is 0 Å². The highest BCUT2D eigenvalue weighted by Gasteiger charge is 2.11. The second kappa shape index (κ2) is 10.6. The Balaban J connectivity index is 1.35. The lowest BCUT2D eigenvalue weighted by Gasteiger charge is -2.09. The molecule has 0 aliphatic carbocycles. The molecule has 2 amide bonds. The van der Waals surface area contributed by atoms with Gasteiger partial charge in [0, 0.05) is 34.2 Å². The van der Waals surface area contributed by atoms with Crippen LogP contribution in [0, 0.1) is 11.3 Å². The maximum Gasteiger partial charge on any atom is 0.251 e. The Labute approximate surface area is 199 Å². The second-order valence-electron chi connectivity index (χ2n) is 6.92. The zero-order valence-corrected chi connectivity index (χ0v) is 19.0. The average molecular weight is 474 g/mol. The standard InChI is InChI=1S/C24H19N5O2S2/c25-14-17-3-1-4-19(13-17)28-22(30)16-33-24-26-10-11-29(24)20-8-6-18(7-9-20)23(31)27-15-21-5-2-12-32-21/h1-13H,15-16H2,(H,27,31)(H,28,30). The lowest BCUT2D eigenvalue weighted by atomic mass is 10.2. The minimum atomic E-state index is -0.192. The fourth-order valence-corrected chi connectivity index (χ4v) is 4.46. The lowest BCUT2D eigenvalue weighted by Crippen LogP contribution is -2.22. The Hall–Kier alpha value is -3.87. The van der Waals surface area contributed by atoms with E-state index in [0.717, 1.165) is 10.6 Å². The maximum atomic E-state index is 12.4. The minimum absolute atomic E-state index is 0.132.